The average Bonchev–Trinajstić information content (AvgIpc) is 2.86. The highest BCUT2D eigenvalue weighted by atomic mass is 16.3. The smallest absolute Gasteiger partial charge is 0.220 e. The van der Waals surface area contributed by atoms with Crippen molar-refractivity contribution in [3.05, 3.63) is 12.2 Å². The van der Waals surface area contributed by atoms with E-state index in [0.717, 1.165) is 25.7 Å². The van der Waals surface area contributed by atoms with Crippen LogP contribution in [-0.2, 0) is 4.79 Å². The molecule has 3 N–H and O–H groups in total. The van der Waals surface area contributed by atoms with Gasteiger partial charge in [0.25, 0.3) is 0 Å². The summed E-state index contributed by atoms with van der Waals surface area (Å²) >= 11 is 0. The van der Waals surface area contributed by atoms with Crippen LogP contribution in [-0.4, -0.2) is 34.9 Å². The Bertz CT molecular complexity index is 466. The molecule has 2 atom stereocenters. The van der Waals surface area contributed by atoms with E-state index in [2.05, 4.69) is 19.2 Å². The van der Waals surface area contributed by atoms with Crippen LogP contribution in [0, 0.1) is 0 Å². The fraction of sp³-hybridized carbons (Fsp3) is 0.903. The lowest BCUT2D eigenvalue weighted by Crippen LogP contribution is -2.45. The first-order valence-corrected chi connectivity index (χ1v) is 15.4. The minimum Gasteiger partial charge on any atom is -0.394 e. The van der Waals surface area contributed by atoms with Gasteiger partial charge in [-0.05, 0) is 19.3 Å². The molecule has 35 heavy (non-hydrogen) atoms. The number of aliphatic hydroxyl groups excluding tert-OH is 2. The second-order valence-electron chi connectivity index (χ2n) is 10.5. The van der Waals surface area contributed by atoms with Gasteiger partial charge in [-0.2, -0.15) is 0 Å². The zero-order valence-corrected chi connectivity index (χ0v) is 23.6. The Morgan fingerprint density at radius 1 is 0.657 bits per heavy atom. The number of unbranched alkanes of at least 4 members (excludes halogenated alkanes) is 20. The minimum atomic E-state index is -0.828. The van der Waals surface area contributed by atoms with Crippen LogP contribution in [0.4, 0.5) is 0 Å². The first-order valence-electron chi connectivity index (χ1n) is 15.4. The molecule has 0 bridgehead atoms. The Labute approximate surface area is 218 Å². The standard InChI is InChI=1S/C31H61NO3/c1-3-5-7-9-11-12-13-14-15-16-17-18-19-21-23-25-27-31(35)32-29(28-33)30(34)26-24-22-20-10-8-6-4-2/h24,26,29-30,33-34H,3-23,25,27-28H2,1-2H3,(H,32,35)/b26-24+. The number of nitrogens with one attached hydrogen (secondary N) is 1. The summed E-state index contributed by atoms with van der Waals surface area (Å²) in [5.74, 6) is -0.0681. The van der Waals surface area contributed by atoms with Crippen LogP contribution in [0.1, 0.15) is 162 Å². The highest BCUT2D eigenvalue weighted by molar-refractivity contribution is 5.76. The van der Waals surface area contributed by atoms with E-state index in [1.807, 2.05) is 6.08 Å². The predicted molar refractivity (Wildman–Crippen MR) is 152 cm³/mol. The zero-order valence-electron chi connectivity index (χ0n) is 23.6. The third kappa shape index (κ3) is 24.6. The molecule has 2 unspecified atom stereocenters. The van der Waals surface area contributed by atoms with Gasteiger partial charge in [-0.15, -0.1) is 0 Å². The number of amides is 1. The number of hydrogen-bond donors (Lipinski definition) is 3. The van der Waals surface area contributed by atoms with Gasteiger partial charge in [0.1, 0.15) is 0 Å². The number of carbonyl (C=O) groups is 1. The molecule has 0 aliphatic heterocycles. The van der Waals surface area contributed by atoms with Crippen molar-refractivity contribution in [2.75, 3.05) is 6.61 Å². The van der Waals surface area contributed by atoms with E-state index in [0.29, 0.717) is 6.42 Å². The maximum Gasteiger partial charge on any atom is 0.220 e. The molecule has 0 spiro atoms. The Balaban J connectivity index is 3.57. The van der Waals surface area contributed by atoms with Crippen LogP contribution in [0.2, 0.25) is 0 Å². The molecule has 0 aliphatic carbocycles. The van der Waals surface area contributed by atoms with Crippen molar-refractivity contribution >= 4 is 5.91 Å². The number of carbonyl (C=O) groups excluding carboxylic acids is 1. The molecule has 208 valence electrons. The first kappa shape index (κ1) is 34.1. The molecule has 0 aromatic rings. The fourth-order valence-electron chi connectivity index (χ4n) is 4.59. The Hall–Kier alpha value is -0.870. The summed E-state index contributed by atoms with van der Waals surface area (Å²) < 4.78 is 0. The molecule has 4 nitrogen and oxygen atoms in total. The number of allylic oxidation sites excluding steroid dienone is 1. The second-order valence-corrected chi connectivity index (χ2v) is 10.5. The summed E-state index contributed by atoms with van der Waals surface area (Å²) in [7, 11) is 0. The van der Waals surface area contributed by atoms with E-state index in [1.54, 1.807) is 6.08 Å². The molecule has 0 saturated carbocycles. The van der Waals surface area contributed by atoms with Gasteiger partial charge in [0.15, 0.2) is 0 Å². The molecule has 0 aliphatic rings. The van der Waals surface area contributed by atoms with Gasteiger partial charge < -0.3 is 15.5 Å². The maximum absolute atomic E-state index is 12.2. The lowest BCUT2D eigenvalue weighted by Gasteiger charge is -2.20. The van der Waals surface area contributed by atoms with Gasteiger partial charge in [-0.1, -0.05) is 148 Å². The summed E-state index contributed by atoms with van der Waals surface area (Å²) in [5, 5.41) is 22.6. The summed E-state index contributed by atoms with van der Waals surface area (Å²) in [6.07, 6.45) is 31.5. The molecule has 0 rings (SSSR count). The molecule has 0 radical (unpaired) electrons. The van der Waals surface area contributed by atoms with Crippen LogP contribution in [0.3, 0.4) is 0 Å². The quantitative estimate of drug-likeness (QED) is 0.0791. The van der Waals surface area contributed by atoms with Crippen LogP contribution in [0.15, 0.2) is 12.2 Å². The van der Waals surface area contributed by atoms with Crippen LogP contribution in [0.5, 0.6) is 0 Å². The molecule has 1 amide bonds. The Kier molecular flexibility index (Phi) is 27.0. The Morgan fingerprint density at radius 3 is 1.49 bits per heavy atom. The second kappa shape index (κ2) is 27.7. The van der Waals surface area contributed by atoms with E-state index in [-0.39, 0.29) is 12.5 Å². The monoisotopic (exact) mass is 495 g/mol. The molecular weight excluding hydrogens is 434 g/mol. The van der Waals surface area contributed by atoms with Gasteiger partial charge in [0, 0.05) is 6.42 Å². The van der Waals surface area contributed by atoms with Crippen molar-refractivity contribution in [3.63, 3.8) is 0 Å². The largest absolute Gasteiger partial charge is 0.394 e. The topological polar surface area (TPSA) is 69.6 Å². The molecule has 4 heteroatoms. The van der Waals surface area contributed by atoms with Crippen LogP contribution >= 0.6 is 0 Å². The lowest BCUT2D eigenvalue weighted by atomic mass is 10.0. The minimum absolute atomic E-state index is 0.0681. The third-order valence-corrected chi connectivity index (χ3v) is 7.02. The number of hydrogen-bond acceptors (Lipinski definition) is 3. The Morgan fingerprint density at radius 2 is 1.06 bits per heavy atom. The highest BCUT2D eigenvalue weighted by Crippen LogP contribution is 2.14. The molecule has 0 heterocycles. The third-order valence-electron chi connectivity index (χ3n) is 7.02. The number of rotatable bonds is 27. The summed E-state index contributed by atoms with van der Waals surface area (Å²) in [5.41, 5.74) is 0. The maximum atomic E-state index is 12.2. The summed E-state index contributed by atoms with van der Waals surface area (Å²) in [4.78, 5) is 12.2. The van der Waals surface area contributed by atoms with Gasteiger partial charge in [0.2, 0.25) is 5.91 Å². The predicted octanol–water partition coefficient (Wildman–Crippen LogP) is 8.39. The van der Waals surface area contributed by atoms with Crippen molar-refractivity contribution in [2.45, 2.75) is 174 Å². The first-order chi connectivity index (χ1) is 17.2. The van der Waals surface area contributed by atoms with E-state index in [4.69, 9.17) is 0 Å². The summed E-state index contributed by atoms with van der Waals surface area (Å²) in [6.45, 7) is 4.24. The molecule has 0 aromatic carbocycles. The van der Waals surface area contributed by atoms with Crippen LogP contribution in [0.25, 0.3) is 0 Å². The lowest BCUT2D eigenvalue weighted by molar-refractivity contribution is -0.123. The van der Waals surface area contributed by atoms with Gasteiger partial charge in [0.05, 0.1) is 18.8 Å². The molecule has 0 fully saturated rings. The van der Waals surface area contributed by atoms with Crippen molar-refractivity contribution in [3.8, 4) is 0 Å². The molecule has 0 saturated heterocycles. The average molecular weight is 496 g/mol. The zero-order chi connectivity index (χ0) is 25.8. The van der Waals surface area contributed by atoms with Gasteiger partial charge in [-0.25, -0.2) is 0 Å². The molecular formula is C31H61NO3. The van der Waals surface area contributed by atoms with Crippen molar-refractivity contribution in [1.29, 1.82) is 0 Å². The number of aliphatic hydroxyl groups is 2. The van der Waals surface area contributed by atoms with Gasteiger partial charge >= 0.3 is 0 Å². The van der Waals surface area contributed by atoms with E-state index in [1.165, 1.54) is 116 Å². The van der Waals surface area contributed by atoms with E-state index < -0.39 is 12.1 Å². The molecule has 0 aromatic heterocycles. The SMILES string of the molecule is CCCCCCC/C=C/C(O)C(CO)NC(=O)CCCCCCCCCCCCCCCCCC. The highest BCUT2D eigenvalue weighted by Gasteiger charge is 2.17. The summed E-state index contributed by atoms with van der Waals surface area (Å²) in [6, 6.07) is -0.611. The van der Waals surface area contributed by atoms with Crippen LogP contribution < -0.4 is 5.32 Å². The van der Waals surface area contributed by atoms with E-state index >= 15 is 0 Å². The van der Waals surface area contributed by atoms with E-state index in [9.17, 15) is 15.0 Å². The normalized spacial score (nSPS) is 13.4. The van der Waals surface area contributed by atoms with Gasteiger partial charge in [-0.3, -0.25) is 4.79 Å². The fourth-order valence-corrected chi connectivity index (χ4v) is 4.59. The van der Waals surface area contributed by atoms with Crippen molar-refractivity contribution < 1.29 is 15.0 Å². The van der Waals surface area contributed by atoms with Crippen molar-refractivity contribution in [2.24, 2.45) is 0 Å². The van der Waals surface area contributed by atoms with Crippen molar-refractivity contribution in [1.82, 2.24) is 5.32 Å².